The third-order valence-electron chi connectivity index (χ3n) is 4.44. The lowest BCUT2D eigenvalue weighted by Crippen LogP contribution is -2.44. The summed E-state index contributed by atoms with van der Waals surface area (Å²) in [5, 5.41) is 0. The molecule has 1 aromatic rings. The van der Waals surface area contributed by atoms with Gasteiger partial charge in [-0.3, -0.25) is 0 Å². The van der Waals surface area contributed by atoms with Crippen LogP contribution in [-0.2, 0) is 10.0 Å². The Morgan fingerprint density at radius 1 is 1.21 bits per heavy atom. The number of rotatable bonds is 7. The number of nitrogens with zero attached hydrogens (tertiary/aromatic N) is 2. The van der Waals surface area contributed by atoms with Gasteiger partial charge < -0.3 is 14.4 Å². The Labute approximate surface area is 145 Å². The van der Waals surface area contributed by atoms with Gasteiger partial charge in [-0.1, -0.05) is 6.42 Å². The van der Waals surface area contributed by atoms with E-state index in [1.54, 1.807) is 29.6 Å². The number of methoxy groups -OCH3 is 2. The highest BCUT2D eigenvalue weighted by Gasteiger charge is 2.35. The van der Waals surface area contributed by atoms with Crippen LogP contribution in [0.25, 0.3) is 0 Å². The molecule has 0 bridgehead atoms. The summed E-state index contributed by atoms with van der Waals surface area (Å²) in [6, 6.07) is 4.89. The Morgan fingerprint density at radius 3 is 2.58 bits per heavy atom. The maximum atomic E-state index is 13.2. The highest BCUT2D eigenvalue weighted by molar-refractivity contribution is 7.89. The largest absolute Gasteiger partial charge is 0.497 e. The van der Waals surface area contributed by atoms with Crippen LogP contribution in [0.15, 0.2) is 23.1 Å². The highest BCUT2D eigenvalue weighted by Crippen LogP contribution is 2.34. The average Bonchev–Trinajstić information content (AvgIpc) is 2.59. The van der Waals surface area contributed by atoms with Crippen LogP contribution in [0.3, 0.4) is 0 Å². The summed E-state index contributed by atoms with van der Waals surface area (Å²) < 4.78 is 38.5. The minimum atomic E-state index is -3.59. The Hall–Kier alpha value is -1.31. The number of hydrogen-bond acceptors (Lipinski definition) is 5. The van der Waals surface area contributed by atoms with Crippen molar-refractivity contribution in [3.63, 3.8) is 0 Å². The molecule has 6 nitrogen and oxygen atoms in total. The molecule has 1 aliphatic rings. The number of piperidine rings is 1. The van der Waals surface area contributed by atoms with Crippen LogP contribution in [0.4, 0.5) is 0 Å². The Bertz CT molecular complexity index is 646. The second-order valence-corrected chi connectivity index (χ2v) is 8.23. The Morgan fingerprint density at radius 2 is 1.96 bits per heavy atom. The molecule has 2 rings (SSSR count). The number of sulfonamides is 1. The van der Waals surface area contributed by atoms with Crippen molar-refractivity contribution in [3.8, 4) is 11.5 Å². The molecule has 7 heteroatoms. The summed E-state index contributed by atoms with van der Waals surface area (Å²) in [5.41, 5.74) is 0. The first-order chi connectivity index (χ1) is 11.4. The maximum Gasteiger partial charge on any atom is 0.247 e. The minimum absolute atomic E-state index is 0.0398. The molecule has 1 fully saturated rings. The molecule has 1 aromatic carbocycles. The van der Waals surface area contributed by atoms with E-state index in [0.717, 1.165) is 32.2 Å². The van der Waals surface area contributed by atoms with Crippen LogP contribution in [-0.4, -0.2) is 65.1 Å². The molecule has 0 aromatic heterocycles. The zero-order valence-electron chi connectivity index (χ0n) is 15.0. The molecular weight excluding hydrogens is 328 g/mol. The van der Waals surface area contributed by atoms with E-state index in [1.807, 2.05) is 14.1 Å². The number of benzene rings is 1. The van der Waals surface area contributed by atoms with Crippen molar-refractivity contribution < 1.29 is 17.9 Å². The van der Waals surface area contributed by atoms with Crippen molar-refractivity contribution in [1.29, 1.82) is 0 Å². The molecule has 0 amide bonds. The predicted octanol–water partition coefficient (Wildman–Crippen LogP) is 2.20. The number of hydrogen-bond donors (Lipinski definition) is 0. The van der Waals surface area contributed by atoms with E-state index in [1.165, 1.54) is 7.11 Å². The van der Waals surface area contributed by atoms with Crippen LogP contribution in [0.1, 0.15) is 25.7 Å². The van der Waals surface area contributed by atoms with E-state index in [4.69, 9.17) is 9.47 Å². The lowest BCUT2D eigenvalue weighted by molar-refractivity contribution is 0.222. The van der Waals surface area contributed by atoms with E-state index < -0.39 is 10.0 Å². The van der Waals surface area contributed by atoms with Gasteiger partial charge in [-0.25, -0.2) is 8.42 Å². The smallest absolute Gasteiger partial charge is 0.247 e. The molecule has 1 heterocycles. The second-order valence-electron chi connectivity index (χ2n) is 6.37. The van der Waals surface area contributed by atoms with E-state index in [9.17, 15) is 8.42 Å². The number of ether oxygens (including phenoxy) is 2. The van der Waals surface area contributed by atoms with E-state index >= 15 is 0 Å². The van der Waals surface area contributed by atoms with E-state index in [0.29, 0.717) is 18.0 Å². The molecule has 0 spiro atoms. The topological polar surface area (TPSA) is 59.1 Å². The molecule has 1 atom stereocenters. The van der Waals surface area contributed by atoms with Gasteiger partial charge in [-0.05, 0) is 52.0 Å². The zero-order valence-corrected chi connectivity index (χ0v) is 15.8. The highest BCUT2D eigenvalue weighted by atomic mass is 32.2. The van der Waals surface area contributed by atoms with Crippen molar-refractivity contribution in [3.05, 3.63) is 18.2 Å². The maximum absolute atomic E-state index is 13.2. The van der Waals surface area contributed by atoms with Crippen LogP contribution in [0, 0.1) is 0 Å². The quantitative estimate of drug-likeness (QED) is 0.750. The van der Waals surface area contributed by atoms with Crippen molar-refractivity contribution in [2.24, 2.45) is 0 Å². The van der Waals surface area contributed by atoms with Gasteiger partial charge in [0.05, 0.1) is 14.2 Å². The molecule has 24 heavy (non-hydrogen) atoms. The molecule has 1 saturated heterocycles. The van der Waals surface area contributed by atoms with Gasteiger partial charge in [0.2, 0.25) is 10.0 Å². The first kappa shape index (κ1) is 19.0. The fourth-order valence-electron chi connectivity index (χ4n) is 3.10. The molecule has 136 valence electrons. The fourth-order valence-corrected chi connectivity index (χ4v) is 4.96. The summed E-state index contributed by atoms with van der Waals surface area (Å²) >= 11 is 0. The normalized spacial score (nSPS) is 19.5. The third-order valence-corrected chi connectivity index (χ3v) is 6.43. The summed E-state index contributed by atoms with van der Waals surface area (Å²) in [5.74, 6) is 0.903. The summed E-state index contributed by atoms with van der Waals surface area (Å²) in [7, 11) is 3.45. The first-order valence-electron chi connectivity index (χ1n) is 8.28. The summed E-state index contributed by atoms with van der Waals surface area (Å²) in [6.45, 7) is 1.44. The molecule has 0 radical (unpaired) electrons. The molecule has 0 aliphatic carbocycles. The summed E-state index contributed by atoms with van der Waals surface area (Å²) in [4.78, 5) is 2.30. The van der Waals surface area contributed by atoms with Gasteiger partial charge >= 0.3 is 0 Å². The minimum Gasteiger partial charge on any atom is -0.497 e. The summed E-state index contributed by atoms with van der Waals surface area (Å²) in [6.07, 6.45) is 3.72. The Kier molecular flexibility index (Phi) is 6.48. The van der Waals surface area contributed by atoms with Gasteiger partial charge in [-0.2, -0.15) is 4.31 Å². The van der Waals surface area contributed by atoms with Crippen molar-refractivity contribution in [2.45, 2.75) is 36.6 Å². The third kappa shape index (κ3) is 4.20. The monoisotopic (exact) mass is 356 g/mol. The van der Waals surface area contributed by atoms with Crippen LogP contribution in [0.5, 0.6) is 11.5 Å². The van der Waals surface area contributed by atoms with Crippen molar-refractivity contribution in [2.75, 3.05) is 41.4 Å². The average molecular weight is 356 g/mol. The van der Waals surface area contributed by atoms with Crippen LogP contribution < -0.4 is 9.47 Å². The van der Waals surface area contributed by atoms with Gasteiger partial charge in [0, 0.05) is 18.7 Å². The van der Waals surface area contributed by atoms with E-state index in [2.05, 4.69) is 4.90 Å². The SMILES string of the molecule is COc1ccc(S(=O)(=O)N2CCCC[C@H]2CCN(C)C)c(OC)c1. The van der Waals surface area contributed by atoms with Gasteiger partial charge in [0.15, 0.2) is 0 Å². The lowest BCUT2D eigenvalue weighted by Gasteiger charge is -2.35. The zero-order chi connectivity index (χ0) is 17.7. The van der Waals surface area contributed by atoms with Gasteiger partial charge in [0.1, 0.15) is 16.4 Å². The standard InChI is InChI=1S/C17H28N2O4S/c1-18(2)12-10-14-7-5-6-11-19(14)24(20,21)17-9-8-15(22-3)13-16(17)23-4/h8-9,13-14H,5-7,10-12H2,1-4H3/t14-/m0/s1. The molecule has 1 aliphatic heterocycles. The van der Waals surface area contributed by atoms with Gasteiger partial charge in [0.25, 0.3) is 0 Å². The predicted molar refractivity (Wildman–Crippen MR) is 94.2 cm³/mol. The molecule has 0 N–H and O–H groups in total. The van der Waals surface area contributed by atoms with Crippen molar-refractivity contribution >= 4 is 10.0 Å². The van der Waals surface area contributed by atoms with Crippen LogP contribution in [0.2, 0.25) is 0 Å². The first-order valence-corrected chi connectivity index (χ1v) is 9.72. The fraction of sp³-hybridized carbons (Fsp3) is 0.647. The van der Waals surface area contributed by atoms with Gasteiger partial charge in [-0.15, -0.1) is 0 Å². The molecule has 0 saturated carbocycles. The van der Waals surface area contributed by atoms with Crippen molar-refractivity contribution in [1.82, 2.24) is 9.21 Å². The van der Waals surface area contributed by atoms with Crippen LogP contribution >= 0.6 is 0 Å². The Balaban J connectivity index is 2.33. The second kappa shape index (κ2) is 8.18. The molecule has 0 unspecified atom stereocenters. The lowest BCUT2D eigenvalue weighted by atomic mass is 10.0. The molecular formula is C17H28N2O4S. The van der Waals surface area contributed by atoms with E-state index in [-0.39, 0.29) is 10.9 Å².